The summed E-state index contributed by atoms with van der Waals surface area (Å²) in [5.74, 6) is 0.0908. The van der Waals surface area contributed by atoms with Crippen molar-refractivity contribution in [2.75, 3.05) is 19.7 Å². The highest BCUT2D eigenvalue weighted by Crippen LogP contribution is 2.40. The number of aliphatic hydroxyl groups is 1. The number of nitrogens with zero attached hydrogens (tertiary/aromatic N) is 1. The van der Waals surface area contributed by atoms with Crippen molar-refractivity contribution in [1.29, 1.82) is 0 Å². The van der Waals surface area contributed by atoms with E-state index in [1.165, 1.54) is 25.7 Å². The number of hydrogen-bond donors (Lipinski definition) is 1. The number of ether oxygens (including phenoxy) is 1. The molecule has 0 amide bonds. The third kappa shape index (κ3) is 3.07. The van der Waals surface area contributed by atoms with Crippen LogP contribution in [0, 0.1) is 5.92 Å². The molecule has 4 nitrogen and oxygen atoms in total. The molecule has 0 spiro atoms. The van der Waals surface area contributed by atoms with Crippen LogP contribution in [-0.2, 0) is 9.53 Å². The predicted octanol–water partition coefficient (Wildman–Crippen LogP) is 2.00. The Hall–Kier alpha value is -0.450. The molecule has 20 heavy (non-hydrogen) atoms. The lowest BCUT2D eigenvalue weighted by Crippen LogP contribution is -2.45. The Morgan fingerprint density at radius 1 is 1.25 bits per heavy atom. The minimum Gasteiger partial charge on any atom is -0.395 e. The Morgan fingerprint density at radius 3 is 2.30 bits per heavy atom. The summed E-state index contributed by atoms with van der Waals surface area (Å²) in [4.78, 5) is 14.9. The van der Waals surface area contributed by atoms with E-state index in [1.807, 2.05) is 27.7 Å². The van der Waals surface area contributed by atoms with Gasteiger partial charge in [-0.2, -0.15) is 0 Å². The summed E-state index contributed by atoms with van der Waals surface area (Å²) in [6.07, 6.45) is 4.89. The molecule has 0 aromatic carbocycles. The fourth-order valence-corrected chi connectivity index (χ4v) is 3.87. The summed E-state index contributed by atoms with van der Waals surface area (Å²) >= 11 is 0. The average Bonchev–Trinajstić information content (AvgIpc) is 2.89. The monoisotopic (exact) mass is 283 g/mol. The SMILES string of the molecule is CC1(C)OC(C)(C)C(CN(CCO)C2CCCC2)C1=O. The molecule has 0 radical (unpaired) electrons. The fraction of sp³-hybridized carbons (Fsp3) is 0.938. The largest absolute Gasteiger partial charge is 0.395 e. The maximum absolute atomic E-state index is 12.6. The molecule has 1 saturated carbocycles. The number of ketones is 1. The maximum atomic E-state index is 12.6. The van der Waals surface area contributed by atoms with Crippen LogP contribution in [0.2, 0.25) is 0 Å². The van der Waals surface area contributed by atoms with Crippen LogP contribution in [0.15, 0.2) is 0 Å². The molecular formula is C16H29NO3. The lowest BCUT2D eigenvalue weighted by atomic mass is 9.85. The second-order valence-corrected chi connectivity index (χ2v) is 7.29. The quantitative estimate of drug-likeness (QED) is 0.838. The molecule has 2 aliphatic rings. The van der Waals surface area contributed by atoms with E-state index in [-0.39, 0.29) is 18.3 Å². The van der Waals surface area contributed by atoms with Crippen molar-refractivity contribution in [3.63, 3.8) is 0 Å². The zero-order chi connectivity index (χ0) is 15.0. The first-order chi connectivity index (χ1) is 9.28. The second kappa shape index (κ2) is 5.74. The molecule has 1 aliphatic carbocycles. The van der Waals surface area contributed by atoms with E-state index in [9.17, 15) is 9.90 Å². The number of aliphatic hydroxyl groups excluding tert-OH is 1. The molecule has 116 valence electrons. The van der Waals surface area contributed by atoms with Crippen LogP contribution in [0.1, 0.15) is 53.4 Å². The normalized spacial score (nSPS) is 29.5. The van der Waals surface area contributed by atoms with E-state index in [0.717, 1.165) is 0 Å². The summed E-state index contributed by atoms with van der Waals surface area (Å²) < 4.78 is 5.96. The van der Waals surface area contributed by atoms with Gasteiger partial charge in [0.25, 0.3) is 0 Å². The molecule has 1 saturated heterocycles. The molecule has 0 bridgehead atoms. The van der Waals surface area contributed by atoms with Crippen molar-refractivity contribution >= 4 is 5.78 Å². The fourth-order valence-electron chi connectivity index (χ4n) is 3.87. The number of carbonyl (C=O) groups is 1. The molecule has 2 rings (SSSR count). The highest BCUT2D eigenvalue weighted by molar-refractivity contribution is 5.91. The standard InChI is InChI=1S/C16H29NO3/c1-15(2)13(14(19)16(3,4)20-15)11-17(9-10-18)12-7-5-6-8-12/h12-13,18H,5-11H2,1-4H3. The lowest BCUT2D eigenvalue weighted by molar-refractivity contribution is -0.132. The van der Waals surface area contributed by atoms with E-state index in [4.69, 9.17) is 4.74 Å². The Bertz CT molecular complexity index is 359. The summed E-state index contributed by atoms with van der Waals surface area (Å²) in [7, 11) is 0. The molecule has 1 aliphatic heterocycles. The molecular weight excluding hydrogens is 254 g/mol. The van der Waals surface area contributed by atoms with Crippen LogP contribution >= 0.6 is 0 Å². The van der Waals surface area contributed by atoms with Gasteiger partial charge in [-0.05, 0) is 40.5 Å². The zero-order valence-corrected chi connectivity index (χ0v) is 13.3. The molecule has 1 N–H and O–H groups in total. The maximum Gasteiger partial charge on any atom is 0.171 e. The van der Waals surface area contributed by atoms with E-state index in [1.54, 1.807) is 0 Å². The van der Waals surface area contributed by atoms with Gasteiger partial charge in [-0.1, -0.05) is 12.8 Å². The smallest absolute Gasteiger partial charge is 0.171 e. The minimum absolute atomic E-state index is 0.107. The average molecular weight is 283 g/mol. The Labute approximate surface area is 122 Å². The number of hydrogen-bond acceptors (Lipinski definition) is 4. The van der Waals surface area contributed by atoms with Crippen molar-refractivity contribution in [2.24, 2.45) is 5.92 Å². The number of Topliss-reactive ketones (excluding diaryl/α,β-unsaturated/α-hetero) is 1. The van der Waals surface area contributed by atoms with Crippen molar-refractivity contribution in [3.8, 4) is 0 Å². The first-order valence-corrected chi connectivity index (χ1v) is 7.87. The first-order valence-electron chi connectivity index (χ1n) is 7.87. The van der Waals surface area contributed by atoms with E-state index < -0.39 is 11.2 Å². The zero-order valence-electron chi connectivity index (χ0n) is 13.3. The van der Waals surface area contributed by atoms with Gasteiger partial charge in [0.1, 0.15) is 5.60 Å². The topological polar surface area (TPSA) is 49.8 Å². The van der Waals surface area contributed by atoms with E-state index in [0.29, 0.717) is 19.1 Å². The Kier molecular flexibility index (Phi) is 4.57. The van der Waals surface area contributed by atoms with Gasteiger partial charge in [0, 0.05) is 19.1 Å². The lowest BCUT2D eigenvalue weighted by Gasteiger charge is -2.34. The van der Waals surface area contributed by atoms with Crippen molar-refractivity contribution in [1.82, 2.24) is 4.90 Å². The van der Waals surface area contributed by atoms with E-state index in [2.05, 4.69) is 4.90 Å². The van der Waals surface area contributed by atoms with Gasteiger partial charge in [0.15, 0.2) is 5.78 Å². The summed E-state index contributed by atoms with van der Waals surface area (Å²) in [6, 6.07) is 0.523. The second-order valence-electron chi connectivity index (χ2n) is 7.29. The van der Waals surface area contributed by atoms with Crippen LogP contribution < -0.4 is 0 Å². The molecule has 2 fully saturated rings. The van der Waals surface area contributed by atoms with Gasteiger partial charge >= 0.3 is 0 Å². The van der Waals surface area contributed by atoms with Gasteiger partial charge in [0.2, 0.25) is 0 Å². The molecule has 4 heteroatoms. The number of rotatable bonds is 5. The molecule has 1 heterocycles. The van der Waals surface area contributed by atoms with Gasteiger partial charge in [-0.3, -0.25) is 9.69 Å². The Balaban J connectivity index is 2.10. The predicted molar refractivity (Wildman–Crippen MR) is 78.7 cm³/mol. The summed E-state index contributed by atoms with van der Waals surface area (Å²) in [5, 5.41) is 9.31. The summed E-state index contributed by atoms with van der Waals surface area (Å²) in [5.41, 5.74) is -1.11. The minimum atomic E-state index is -0.686. The van der Waals surface area contributed by atoms with Crippen LogP contribution in [0.3, 0.4) is 0 Å². The van der Waals surface area contributed by atoms with Crippen LogP contribution in [0.25, 0.3) is 0 Å². The summed E-state index contributed by atoms with van der Waals surface area (Å²) in [6.45, 7) is 9.27. The van der Waals surface area contributed by atoms with Gasteiger partial charge < -0.3 is 9.84 Å². The molecule has 0 aromatic rings. The van der Waals surface area contributed by atoms with Gasteiger partial charge in [0.05, 0.1) is 18.1 Å². The Morgan fingerprint density at radius 2 is 1.85 bits per heavy atom. The highest BCUT2D eigenvalue weighted by Gasteiger charge is 2.53. The van der Waals surface area contributed by atoms with Crippen LogP contribution in [0.4, 0.5) is 0 Å². The molecule has 1 atom stereocenters. The van der Waals surface area contributed by atoms with Gasteiger partial charge in [-0.25, -0.2) is 0 Å². The van der Waals surface area contributed by atoms with Gasteiger partial charge in [-0.15, -0.1) is 0 Å². The van der Waals surface area contributed by atoms with Crippen molar-refractivity contribution < 1.29 is 14.6 Å². The molecule has 0 aromatic heterocycles. The van der Waals surface area contributed by atoms with E-state index >= 15 is 0 Å². The van der Waals surface area contributed by atoms with Crippen LogP contribution in [0.5, 0.6) is 0 Å². The van der Waals surface area contributed by atoms with Crippen molar-refractivity contribution in [2.45, 2.75) is 70.6 Å². The third-order valence-corrected chi connectivity index (χ3v) is 4.91. The number of carbonyl (C=O) groups excluding carboxylic acids is 1. The van der Waals surface area contributed by atoms with Crippen LogP contribution in [-0.4, -0.2) is 52.7 Å². The first kappa shape index (κ1) is 15.9. The third-order valence-electron chi connectivity index (χ3n) is 4.91. The molecule has 1 unspecified atom stereocenters. The van der Waals surface area contributed by atoms with Crippen molar-refractivity contribution in [3.05, 3.63) is 0 Å². The highest BCUT2D eigenvalue weighted by atomic mass is 16.5.